The maximum atomic E-state index is 5.51. The molecule has 17 heavy (non-hydrogen) atoms. The van der Waals surface area contributed by atoms with Gasteiger partial charge >= 0.3 is 0 Å². The summed E-state index contributed by atoms with van der Waals surface area (Å²) in [4.78, 5) is 0. The van der Waals surface area contributed by atoms with E-state index in [1.165, 1.54) is 5.56 Å². The minimum absolute atomic E-state index is 0.680. The van der Waals surface area contributed by atoms with Gasteiger partial charge in [-0.25, -0.2) is 0 Å². The molecule has 4 heteroatoms. The number of nitrogens with one attached hydrogen (secondary N) is 1. The first-order valence-corrected chi connectivity index (χ1v) is 5.79. The predicted molar refractivity (Wildman–Crippen MR) is 64.2 cm³/mol. The van der Waals surface area contributed by atoms with E-state index in [1.54, 1.807) is 6.20 Å². The summed E-state index contributed by atoms with van der Waals surface area (Å²) in [6, 6.07) is 6.10. The van der Waals surface area contributed by atoms with Crippen LogP contribution >= 0.6 is 0 Å². The Morgan fingerprint density at radius 1 is 1.41 bits per heavy atom. The van der Waals surface area contributed by atoms with Crippen molar-refractivity contribution < 1.29 is 9.26 Å². The minimum Gasteiger partial charge on any atom is -0.494 e. The second kappa shape index (κ2) is 4.13. The average Bonchev–Trinajstić information content (AvgIpc) is 2.69. The summed E-state index contributed by atoms with van der Waals surface area (Å²) in [6.45, 7) is 3.43. The molecule has 88 valence electrons. The molecule has 0 amide bonds. The van der Waals surface area contributed by atoms with Crippen LogP contribution in [0.4, 0.5) is 5.69 Å². The number of ether oxygens (including phenoxy) is 1. The van der Waals surface area contributed by atoms with Gasteiger partial charge in [-0.05, 0) is 30.7 Å². The summed E-state index contributed by atoms with van der Waals surface area (Å²) >= 11 is 0. The number of fused-ring (bicyclic) bond motifs is 2. The Kier molecular flexibility index (Phi) is 2.48. The molecule has 0 atom stereocenters. The van der Waals surface area contributed by atoms with Crippen LogP contribution in [0.25, 0.3) is 0 Å². The van der Waals surface area contributed by atoms with Crippen molar-refractivity contribution >= 4 is 5.69 Å². The number of nitrogens with zero attached hydrogens (tertiary/aromatic N) is 1. The van der Waals surface area contributed by atoms with Crippen molar-refractivity contribution in [2.75, 3.05) is 11.9 Å². The molecular formula is C13H14N2O2. The Bertz CT molecular complexity index is 534. The standard InChI is InChI=1S/C13H14N2O2/c1-2-16-11-3-4-12-9(5-11)6-13-10(7-14-12)8-15-17-13/h3-5,8,14H,2,6-7H2,1H3. The molecule has 1 aromatic heterocycles. The van der Waals surface area contributed by atoms with Crippen LogP contribution < -0.4 is 10.1 Å². The van der Waals surface area contributed by atoms with Crippen LogP contribution in [0.3, 0.4) is 0 Å². The van der Waals surface area contributed by atoms with E-state index in [1.807, 2.05) is 13.0 Å². The molecule has 0 spiro atoms. The van der Waals surface area contributed by atoms with Gasteiger partial charge in [-0.15, -0.1) is 0 Å². The zero-order valence-electron chi connectivity index (χ0n) is 9.69. The van der Waals surface area contributed by atoms with Crippen molar-refractivity contribution in [3.8, 4) is 5.75 Å². The fourth-order valence-electron chi connectivity index (χ4n) is 2.08. The maximum absolute atomic E-state index is 5.51. The summed E-state index contributed by atoms with van der Waals surface area (Å²) in [6.07, 6.45) is 2.54. The Morgan fingerprint density at radius 2 is 2.35 bits per heavy atom. The molecular weight excluding hydrogens is 216 g/mol. The number of aromatic nitrogens is 1. The van der Waals surface area contributed by atoms with Crippen molar-refractivity contribution in [3.63, 3.8) is 0 Å². The second-order valence-corrected chi connectivity index (χ2v) is 4.06. The van der Waals surface area contributed by atoms with Crippen LogP contribution in [0.5, 0.6) is 5.75 Å². The molecule has 0 radical (unpaired) electrons. The highest BCUT2D eigenvalue weighted by Gasteiger charge is 2.16. The Balaban J connectivity index is 1.98. The molecule has 4 nitrogen and oxygen atoms in total. The lowest BCUT2D eigenvalue weighted by Gasteiger charge is -2.10. The lowest BCUT2D eigenvalue weighted by Crippen LogP contribution is -1.99. The van der Waals surface area contributed by atoms with Crippen LogP contribution in [-0.4, -0.2) is 11.8 Å². The predicted octanol–water partition coefficient (Wildman–Crippen LogP) is 2.59. The molecule has 1 aliphatic heterocycles. The van der Waals surface area contributed by atoms with Crippen molar-refractivity contribution in [3.05, 3.63) is 41.3 Å². The molecule has 3 rings (SSSR count). The van der Waals surface area contributed by atoms with E-state index < -0.39 is 0 Å². The molecule has 2 aromatic rings. The van der Waals surface area contributed by atoms with Gasteiger partial charge in [0.05, 0.1) is 12.8 Å². The van der Waals surface area contributed by atoms with Crippen molar-refractivity contribution in [2.45, 2.75) is 19.9 Å². The molecule has 0 saturated carbocycles. The fourth-order valence-corrected chi connectivity index (χ4v) is 2.08. The van der Waals surface area contributed by atoms with Gasteiger partial charge in [0, 0.05) is 24.2 Å². The first-order chi connectivity index (χ1) is 8.36. The van der Waals surface area contributed by atoms with Gasteiger partial charge < -0.3 is 14.6 Å². The summed E-state index contributed by atoms with van der Waals surface area (Å²) < 4.78 is 10.8. The molecule has 0 unspecified atom stereocenters. The quantitative estimate of drug-likeness (QED) is 0.861. The van der Waals surface area contributed by atoms with Gasteiger partial charge in [0.25, 0.3) is 0 Å². The molecule has 1 N–H and O–H groups in total. The SMILES string of the molecule is CCOc1ccc2c(c1)Cc1oncc1CN2. The van der Waals surface area contributed by atoms with Gasteiger partial charge in [0.1, 0.15) is 11.5 Å². The first-order valence-electron chi connectivity index (χ1n) is 5.79. The number of hydrogen-bond acceptors (Lipinski definition) is 4. The summed E-state index contributed by atoms with van der Waals surface area (Å²) in [5, 5.41) is 7.21. The molecule has 0 saturated heterocycles. The van der Waals surface area contributed by atoms with Crippen molar-refractivity contribution in [1.82, 2.24) is 5.16 Å². The van der Waals surface area contributed by atoms with Crippen LogP contribution in [0.15, 0.2) is 28.9 Å². The Morgan fingerprint density at radius 3 is 3.24 bits per heavy atom. The average molecular weight is 230 g/mol. The third-order valence-electron chi connectivity index (χ3n) is 2.94. The van der Waals surface area contributed by atoms with Gasteiger partial charge in [0.15, 0.2) is 0 Å². The second-order valence-electron chi connectivity index (χ2n) is 4.06. The van der Waals surface area contributed by atoms with Gasteiger partial charge in [0.2, 0.25) is 0 Å². The van der Waals surface area contributed by atoms with Crippen molar-refractivity contribution in [2.24, 2.45) is 0 Å². The number of hydrogen-bond donors (Lipinski definition) is 1. The molecule has 2 heterocycles. The minimum atomic E-state index is 0.680. The van der Waals surface area contributed by atoms with E-state index >= 15 is 0 Å². The summed E-state index contributed by atoms with van der Waals surface area (Å²) in [5.41, 5.74) is 3.45. The highest BCUT2D eigenvalue weighted by molar-refractivity contribution is 5.57. The molecule has 0 bridgehead atoms. The topological polar surface area (TPSA) is 47.3 Å². The first kappa shape index (κ1) is 10.2. The number of anilines is 1. The Labute approximate surface area is 99.6 Å². The number of benzene rings is 1. The molecule has 1 aromatic carbocycles. The summed E-state index contributed by atoms with van der Waals surface area (Å²) in [7, 11) is 0. The smallest absolute Gasteiger partial charge is 0.146 e. The van der Waals surface area contributed by atoms with Crippen LogP contribution in [0, 0.1) is 0 Å². The van der Waals surface area contributed by atoms with E-state index in [9.17, 15) is 0 Å². The zero-order valence-corrected chi connectivity index (χ0v) is 9.69. The third kappa shape index (κ3) is 1.86. The third-order valence-corrected chi connectivity index (χ3v) is 2.94. The lowest BCUT2D eigenvalue weighted by atomic mass is 10.1. The molecule has 0 aliphatic carbocycles. The van der Waals surface area contributed by atoms with Gasteiger partial charge in [-0.1, -0.05) is 5.16 Å². The van der Waals surface area contributed by atoms with E-state index in [-0.39, 0.29) is 0 Å². The Hall–Kier alpha value is -1.97. The van der Waals surface area contributed by atoms with E-state index in [0.29, 0.717) is 6.61 Å². The highest BCUT2D eigenvalue weighted by Crippen LogP contribution is 2.29. The van der Waals surface area contributed by atoms with E-state index in [4.69, 9.17) is 9.26 Å². The zero-order chi connectivity index (χ0) is 11.7. The van der Waals surface area contributed by atoms with Gasteiger partial charge in [-0.2, -0.15) is 0 Å². The maximum Gasteiger partial charge on any atom is 0.146 e. The van der Waals surface area contributed by atoms with E-state index in [0.717, 1.165) is 35.7 Å². The normalized spacial score (nSPS) is 13.2. The van der Waals surface area contributed by atoms with Crippen LogP contribution in [0.2, 0.25) is 0 Å². The molecule has 1 aliphatic rings. The fraction of sp³-hybridized carbons (Fsp3) is 0.308. The van der Waals surface area contributed by atoms with Crippen LogP contribution in [-0.2, 0) is 13.0 Å². The van der Waals surface area contributed by atoms with Crippen molar-refractivity contribution in [1.29, 1.82) is 0 Å². The molecule has 0 fully saturated rings. The highest BCUT2D eigenvalue weighted by atomic mass is 16.5. The van der Waals surface area contributed by atoms with E-state index in [2.05, 4.69) is 22.6 Å². The monoisotopic (exact) mass is 230 g/mol. The van der Waals surface area contributed by atoms with Crippen LogP contribution in [0.1, 0.15) is 23.8 Å². The summed E-state index contributed by atoms with van der Waals surface area (Å²) in [5.74, 6) is 1.83. The number of rotatable bonds is 2. The largest absolute Gasteiger partial charge is 0.494 e. The van der Waals surface area contributed by atoms with Gasteiger partial charge in [-0.3, -0.25) is 0 Å². The lowest BCUT2D eigenvalue weighted by molar-refractivity contribution is 0.340.